The largest absolute Gasteiger partial charge is 0.478 e. The Labute approximate surface area is 122 Å². The molecule has 0 bridgehead atoms. The van der Waals surface area contributed by atoms with E-state index >= 15 is 0 Å². The Balaban J connectivity index is 2.59. The lowest BCUT2D eigenvalue weighted by Crippen LogP contribution is -2.09. The molecule has 0 aliphatic heterocycles. The molecule has 1 aromatic carbocycles. The van der Waals surface area contributed by atoms with Gasteiger partial charge in [0.25, 0.3) is 0 Å². The van der Waals surface area contributed by atoms with Gasteiger partial charge in [0.15, 0.2) is 0 Å². The van der Waals surface area contributed by atoms with E-state index < -0.39 is 5.97 Å². The zero-order valence-corrected chi connectivity index (χ0v) is 12.5. The van der Waals surface area contributed by atoms with Crippen LogP contribution in [0.2, 0.25) is 5.02 Å². The van der Waals surface area contributed by atoms with Gasteiger partial charge >= 0.3 is 5.97 Å². The van der Waals surface area contributed by atoms with Crippen LogP contribution in [-0.2, 0) is 0 Å². The van der Waals surface area contributed by atoms with E-state index in [-0.39, 0.29) is 5.56 Å². The molecular weight excluding hydrogens is 284 g/mol. The number of aromatic carboxylic acids is 1. The highest BCUT2D eigenvalue weighted by molar-refractivity contribution is 7.98. The van der Waals surface area contributed by atoms with E-state index in [2.05, 4.69) is 11.6 Å². The summed E-state index contributed by atoms with van der Waals surface area (Å²) >= 11 is 7.87. The van der Waals surface area contributed by atoms with Crippen LogP contribution in [0.1, 0.15) is 29.6 Å². The summed E-state index contributed by atoms with van der Waals surface area (Å²) in [6.45, 7) is 0.707. The third-order valence-electron chi connectivity index (χ3n) is 2.67. The van der Waals surface area contributed by atoms with Crippen molar-refractivity contribution >= 4 is 40.7 Å². The minimum absolute atomic E-state index is 0.120. The van der Waals surface area contributed by atoms with E-state index in [0.717, 1.165) is 18.6 Å². The molecule has 0 aromatic heterocycles. The number of hydrogen-bond acceptors (Lipinski definition) is 4. The minimum atomic E-state index is -1.03. The van der Waals surface area contributed by atoms with Crippen LogP contribution in [0, 0.1) is 0 Å². The molecule has 6 heteroatoms. The number of thioether (sulfide) groups is 1. The van der Waals surface area contributed by atoms with Gasteiger partial charge in [0.2, 0.25) is 0 Å². The summed E-state index contributed by atoms with van der Waals surface area (Å²) in [6, 6.07) is 2.98. The van der Waals surface area contributed by atoms with Gasteiger partial charge in [-0.2, -0.15) is 11.8 Å². The quantitative estimate of drug-likeness (QED) is 0.505. The molecule has 0 aliphatic rings. The maximum absolute atomic E-state index is 11.1. The van der Waals surface area contributed by atoms with Crippen LogP contribution in [-0.4, -0.2) is 29.6 Å². The number of nitrogens with one attached hydrogen (secondary N) is 1. The second kappa shape index (κ2) is 8.17. The Kier molecular flexibility index (Phi) is 6.87. The molecule has 0 spiro atoms. The molecule has 0 saturated carbocycles. The van der Waals surface area contributed by atoms with Crippen LogP contribution in [0.5, 0.6) is 0 Å². The van der Waals surface area contributed by atoms with Gasteiger partial charge in [0.1, 0.15) is 0 Å². The summed E-state index contributed by atoms with van der Waals surface area (Å²) in [7, 11) is 0. The molecule has 0 fully saturated rings. The van der Waals surface area contributed by atoms with Crippen LogP contribution < -0.4 is 11.1 Å². The van der Waals surface area contributed by atoms with Crippen molar-refractivity contribution in [2.24, 2.45) is 0 Å². The predicted octanol–water partition coefficient (Wildman–Crippen LogP) is 3.57. The summed E-state index contributed by atoms with van der Waals surface area (Å²) < 4.78 is 0. The van der Waals surface area contributed by atoms with E-state index in [1.54, 1.807) is 6.07 Å². The maximum atomic E-state index is 11.1. The third kappa shape index (κ3) is 5.20. The lowest BCUT2D eigenvalue weighted by Gasteiger charge is -2.12. The molecular formula is C13H19ClN2O2S. The van der Waals surface area contributed by atoms with Crippen molar-refractivity contribution in [3.8, 4) is 0 Å². The Morgan fingerprint density at radius 3 is 2.79 bits per heavy atom. The molecule has 0 heterocycles. The lowest BCUT2D eigenvalue weighted by molar-refractivity contribution is 0.0698. The van der Waals surface area contributed by atoms with E-state index in [0.29, 0.717) is 22.9 Å². The fourth-order valence-electron chi connectivity index (χ4n) is 1.74. The molecule has 4 nitrogen and oxygen atoms in total. The second-order valence-corrected chi connectivity index (χ2v) is 5.60. The molecule has 0 amide bonds. The van der Waals surface area contributed by atoms with Crippen LogP contribution in [0.25, 0.3) is 0 Å². The van der Waals surface area contributed by atoms with Crippen LogP contribution in [0.3, 0.4) is 0 Å². The van der Waals surface area contributed by atoms with E-state index in [1.807, 2.05) is 11.8 Å². The van der Waals surface area contributed by atoms with Gasteiger partial charge in [-0.05, 0) is 37.0 Å². The van der Waals surface area contributed by atoms with Gasteiger partial charge < -0.3 is 16.2 Å². The summed E-state index contributed by atoms with van der Waals surface area (Å²) in [5.41, 5.74) is 6.52. The number of nitrogens with two attached hydrogens (primary N) is 1. The number of hydrogen-bond donors (Lipinski definition) is 3. The number of halogens is 1. The molecule has 1 rings (SSSR count). The van der Waals surface area contributed by atoms with E-state index in [9.17, 15) is 4.79 Å². The van der Waals surface area contributed by atoms with Gasteiger partial charge in [-0.25, -0.2) is 4.79 Å². The molecule has 0 aliphatic carbocycles. The number of rotatable bonds is 8. The number of nitrogen functional groups attached to an aromatic ring is 1. The zero-order valence-electron chi connectivity index (χ0n) is 10.9. The second-order valence-electron chi connectivity index (χ2n) is 4.21. The predicted molar refractivity (Wildman–Crippen MR) is 83.5 cm³/mol. The van der Waals surface area contributed by atoms with Gasteiger partial charge in [-0.1, -0.05) is 18.0 Å². The smallest absolute Gasteiger partial charge is 0.337 e. The van der Waals surface area contributed by atoms with Gasteiger partial charge in [0.05, 0.1) is 16.3 Å². The Hall–Kier alpha value is -1.07. The van der Waals surface area contributed by atoms with Crippen LogP contribution >= 0.6 is 23.4 Å². The number of carboxylic acids is 1. The van der Waals surface area contributed by atoms with Crippen molar-refractivity contribution in [3.05, 3.63) is 22.7 Å². The van der Waals surface area contributed by atoms with E-state index in [1.165, 1.54) is 12.5 Å². The molecule has 0 radical (unpaired) electrons. The zero-order chi connectivity index (χ0) is 14.3. The van der Waals surface area contributed by atoms with E-state index in [4.69, 9.17) is 22.4 Å². The SMILES string of the molecule is CSCCCCCNc1c(Cl)cc(N)cc1C(=O)O. The summed E-state index contributed by atoms with van der Waals surface area (Å²) in [6.07, 6.45) is 5.36. The number of anilines is 2. The van der Waals surface area contributed by atoms with Gasteiger partial charge in [-0.15, -0.1) is 0 Å². The minimum Gasteiger partial charge on any atom is -0.478 e. The van der Waals surface area contributed by atoms with Gasteiger partial charge in [0, 0.05) is 12.2 Å². The standard InChI is InChI=1S/C13H19ClN2O2S/c1-19-6-4-2-3-5-16-12-10(13(17)18)7-9(15)8-11(12)14/h7-8,16H,2-6,15H2,1H3,(H,17,18). The first-order valence-corrected chi connectivity index (χ1v) is 7.88. The molecule has 0 atom stereocenters. The van der Waals surface area contributed by atoms with Crippen molar-refractivity contribution in [2.75, 3.05) is 29.6 Å². The summed E-state index contributed by atoms with van der Waals surface area (Å²) in [5, 5.41) is 12.6. The molecule has 4 N–H and O–H groups in total. The highest BCUT2D eigenvalue weighted by atomic mass is 35.5. The monoisotopic (exact) mass is 302 g/mol. The topological polar surface area (TPSA) is 75.3 Å². The molecule has 0 unspecified atom stereocenters. The van der Waals surface area contributed by atoms with Gasteiger partial charge in [-0.3, -0.25) is 0 Å². The lowest BCUT2D eigenvalue weighted by atomic mass is 10.1. The van der Waals surface area contributed by atoms with Crippen LogP contribution in [0.4, 0.5) is 11.4 Å². The number of benzene rings is 1. The fraction of sp³-hybridized carbons (Fsp3) is 0.462. The van der Waals surface area contributed by atoms with Crippen molar-refractivity contribution in [1.29, 1.82) is 0 Å². The molecule has 1 aromatic rings. The Morgan fingerprint density at radius 1 is 1.42 bits per heavy atom. The summed E-state index contributed by atoms with van der Waals surface area (Å²) in [4.78, 5) is 11.1. The highest BCUT2D eigenvalue weighted by Crippen LogP contribution is 2.29. The highest BCUT2D eigenvalue weighted by Gasteiger charge is 2.14. The maximum Gasteiger partial charge on any atom is 0.337 e. The number of unbranched alkanes of at least 4 members (excludes halogenated alkanes) is 2. The van der Waals surface area contributed by atoms with Crippen LogP contribution in [0.15, 0.2) is 12.1 Å². The number of carbonyl (C=O) groups is 1. The fourth-order valence-corrected chi connectivity index (χ4v) is 2.52. The Bertz CT molecular complexity index is 441. The molecule has 0 saturated heterocycles. The van der Waals surface area contributed by atoms with Crippen molar-refractivity contribution in [1.82, 2.24) is 0 Å². The average Bonchev–Trinajstić information content (AvgIpc) is 2.34. The first-order valence-electron chi connectivity index (χ1n) is 6.11. The number of carboxylic acid groups (broad SMARTS) is 1. The van der Waals surface area contributed by atoms with Crippen molar-refractivity contribution in [3.63, 3.8) is 0 Å². The van der Waals surface area contributed by atoms with Crippen molar-refractivity contribution < 1.29 is 9.90 Å². The summed E-state index contributed by atoms with van der Waals surface area (Å²) in [5.74, 6) is 0.127. The molecule has 19 heavy (non-hydrogen) atoms. The first kappa shape index (κ1) is 16.0. The Morgan fingerprint density at radius 2 is 2.16 bits per heavy atom. The normalized spacial score (nSPS) is 10.4. The van der Waals surface area contributed by atoms with Crippen molar-refractivity contribution in [2.45, 2.75) is 19.3 Å². The molecule has 106 valence electrons. The average molecular weight is 303 g/mol. The first-order chi connectivity index (χ1) is 9.06. The third-order valence-corrected chi connectivity index (χ3v) is 3.66.